The fraction of sp³-hybridized carbons (Fsp3) is 0.222. The molecule has 2 N–H and O–H groups in total. The lowest BCUT2D eigenvalue weighted by molar-refractivity contribution is 0.0921. The second-order valence-corrected chi connectivity index (χ2v) is 6.70. The molecule has 3 rings (SSSR count). The molecule has 0 saturated heterocycles. The van der Waals surface area contributed by atoms with E-state index in [9.17, 15) is 9.90 Å². The largest absolute Gasteiger partial charge is 0.392 e. The van der Waals surface area contributed by atoms with Crippen molar-refractivity contribution in [3.8, 4) is 5.69 Å². The van der Waals surface area contributed by atoms with Crippen molar-refractivity contribution in [1.82, 2.24) is 25.5 Å². The standard InChI is InChI=1S/C18H19N5O2S/c1-13(24)11-19-18(25)15-9-5-6-10-16(15)26-12-17-20-21-22-23(17)14-7-3-2-4-8-14/h2-10,13,24H,11-12H2,1H3,(H,19,25). The maximum absolute atomic E-state index is 12.3. The zero-order chi connectivity index (χ0) is 18.4. The number of para-hydroxylation sites is 1. The van der Waals surface area contributed by atoms with Crippen molar-refractivity contribution in [2.75, 3.05) is 6.54 Å². The fourth-order valence-corrected chi connectivity index (χ4v) is 3.28. The van der Waals surface area contributed by atoms with Gasteiger partial charge in [-0.25, -0.2) is 0 Å². The molecule has 0 spiro atoms. The SMILES string of the molecule is CC(O)CNC(=O)c1ccccc1SCc1nnnn1-c1ccccc1. The first-order valence-electron chi connectivity index (χ1n) is 8.16. The quantitative estimate of drug-likeness (QED) is 0.619. The van der Waals surface area contributed by atoms with Crippen LogP contribution in [0.4, 0.5) is 0 Å². The number of aliphatic hydroxyl groups excluding tert-OH is 1. The summed E-state index contributed by atoms with van der Waals surface area (Å²) >= 11 is 1.49. The number of carbonyl (C=O) groups is 1. The van der Waals surface area contributed by atoms with Crippen LogP contribution in [0.1, 0.15) is 23.1 Å². The van der Waals surface area contributed by atoms with E-state index in [1.807, 2.05) is 48.5 Å². The number of hydrogen-bond donors (Lipinski definition) is 2. The molecule has 1 heterocycles. The van der Waals surface area contributed by atoms with Crippen LogP contribution in [-0.4, -0.2) is 43.9 Å². The van der Waals surface area contributed by atoms with Crippen LogP contribution in [0.3, 0.4) is 0 Å². The lowest BCUT2D eigenvalue weighted by Crippen LogP contribution is -2.30. The lowest BCUT2D eigenvalue weighted by Gasteiger charge is -2.11. The number of aliphatic hydroxyl groups is 1. The van der Waals surface area contributed by atoms with Crippen molar-refractivity contribution in [1.29, 1.82) is 0 Å². The Bertz CT molecular complexity index is 867. The zero-order valence-corrected chi connectivity index (χ0v) is 15.1. The number of benzene rings is 2. The summed E-state index contributed by atoms with van der Waals surface area (Å²) in [7, 11) is 0. The predicted octanol–water partition coefficient (Wildman–Crippen LogP) is 2.07. The first kappa shape index (κ1) is 18.1. The van der Waals surface area contributed by atoms with Gasteiger partial charge in [-0.1, -0.05) is 30.3 Å². The van der Waals surface area contributed by atoms with Crippen LogP contribution in [0.15, 0.2) is 59.5 Å². The van der Waals surface area contributed by atoms with Crippen molar-refractivity contribution >= 4 is 17.7 Å². The first-order chi connectivity index (χ1) is 12.6. The molecule has 0 aliphatic rings. The highest BCUT2D eigenvalue weighted by atomic mass is 32.2. The Balaban J connectivity index is 1.74. The molecule has 3 aromatic rings. The van der Waals surface area contributed by atoms with Crippen molar-refractivity contribution in [2.24, 2.45) is 0 Å². The third kappa shape index (κ3) is 4.47. The van der Waals surface area contributed by atoms with Crippen LogP contribution >= 0.6 is 11.8 Å². The normalized spacial score (nSPS) is 11.9. The van der Waals surface area contributed by atoms with E-state index in [1.165, 1.54) is 11.8 Å². The van der Waals surface area contributed by atoms with E-state index in [2.05, 4.69) is 20.8 Å². The number of nitrogens with one attached hydrogen (secondary N) is 1. The van der Waals surface area contributed by atoms with Crippen LogP contribution in [0.2, 0.25) is 0 Å². The van der Waals surface area contributed by atoms with Gasteiger partial charge in [0.25, 0.3) is 5.91 Å². The van der Waals surface area contributed by atoms with Gasteiger partial charge in [-0.05, 0) is 41.6 Å². The lowest BCUT2D eigenvalue weighted by atomic mass is 10.2. The van der Waals surface area contributed by atoms with Gasteiger partial charge in [-0.15, -0.1) is 16.9 Å². The number of amides is 1. The maximum Gasteiger partial charge on any atom is 0.252 e. The molecular weight excluding hydrogens is 350 g/mol. The molecule has 2 aromatic carbocycles. The summed E-state index contributed by atoms with van der Waals surface area (Å²) in [6.07, 6.45) is -0.589. The molecule has 26 heavy (non-hydrogen) atoms. The Morgan fingerprint density at radius 3 is 2.69 bits per heavy atom. The first-order valence-corrected chi connectivity index (χ1v) is 9.14. The summed E-state index contributed by atoms with van der Waals surface area (Å²) in [5.74, 6) is 1.000. The van der Waals surface area contributed by atoms with Gasteiger partial charge in [-0.2, -0.15) is 4.68 Å². The minimum absolute atomic E-state index is 0.211. The zero-order valence-electron chi connectivity index (χ0n) is 14.2. The Labute approximate surface area is 155 Å². The second kappa shape index (κ2) is 8.59. The van der Waals surface area contributed by atoms with Crippen molar-refractivity contribution < 1.29 is 9.90 Å². The number of aromatic nitrogens is 4. The number of carbonyl (C=O) groups excluding carboxylic acids is 1. The summed E-state index contributed by atoms with van der Waals surface area (Å²) in [6, 6.07) is 17.0. The van der Waals surface area contributed by atoms with Crippen molar-refractivity contribution in [3.63, 3.8) is 0 Å². The van der Waals surface area contributed by atoms with Gasteiger partial charge >= 0.3 is 0 Å². The fourth-order valence-electron chi connectivity index (χ4n) is 2.32. The van der Waals surface area contributed by atoms with E-state index >= 15 is 0 Å². The Hall–Kier alpha value is -2.71. The second-order valence-electron chi connectivity index (χ2n) is 5.69. The molecule has 8 heteroatoms. The molecule has 0 radical (unpaired) electrons. The van der Waals surface area contributed by atoms with E-state index in [4.69, 9.17) is 0 Å². The number of rotatable bonds is 7. The molecule has 7 nitrogen and oxygen atoms in total. The third-order valence-corrected chi connectivity index (χ3v) is 4.65. The average Bonchev–Trinajstić information content (AvgIpc) is 3.14. The molecule has 1 aromatic heterocycles. The number of thioether (sulfide) groups is 1. The molecule has 0 aliphatic carbocycles. The van der Waals surface area contributed by atoms with Gasteiger partial charge in [0.15, 0.2) is 5.82 Å². The Morgan fingerprint density at radius 1 is 1.19 bits per heavy atom. The highest BCUT2D eigenvalue weighted by Gasteiger charge is 2.14. The van der Waals surface area contributed by atoms with Crippen LogP contribution < -0.4 is 5.32 Å². The van der Waals surface area contributed by atoms with Crippen LogP contribution in [0.5, 0.6) is 0 Å². The van der Waals surface area contributed by atoms with Gasteiger partial charge in [0.05, 0.1) is 23.1 Å². The smallest absolute Gasteiger partial charge is 0.252 e. The van der Waals surface area contributed by atoms with Crippen LogP contribution in [0, 0.1) is 0 Å². The van der Waals surface area contributed by atoms with Crippen LogP contribution in [-0.2, 0) is 5.75 Å². The Kier molecular flexibility index (Phi) is 5.98. The van der Waals surface area contributed by atoms with E-state index in [0.29, 0.717) is 17.1 Å². The molecule has 1 unspecified atom stereocenters. The maximum atomic E-state index is 12.3. The summed E-state index contributed by atoms with van der Waals surface area (Å²) in [5, 5.41) is 24.0. The van der Waals surface area contributed by atoms with Gasteiger partial charge in [0.2, 0.25) is 0 Å². The minimum atomic E-state index is -0.589. The van der Waals surface area contributed by atoms with Gasteiger partial charge in [-0.3, -0.25) is 4.79 Å². The molecule has 0 saturated carbocycles. The van der Waals surface area contributed by atoms with Gasteiger partial charge in [0, 0.05) is 11.4 Å². The number of tetrazole rings is 1. The molecule has 134 valence electrons. The van der Waals surface area contributed by atoms with Crippen molar-refractivity contribution in [2.45, 2.75) is 23.7 Å². The topological polar surface area (TPSA) is 92.9 Å². The van der Waals surface area contributed by atoms with Crippen molar-refractivity contribution in [3.05, 3.63) is 66.0 Å². The van der Waals surface area contributed by atoms with E-state index in [1.54, 1.807) is 17.7 Å². The molecule has 0 bridgehead atoms. The summed E-state index contributed by atoms with van der Waals surface area (Å²) in [6.45, 7) is 1.84. The highest BCUT2D eigenvalue weighted by Crippen LogP contribution is 2.26. The molecular formula is C18H19N5O2S. The Morgan fingerprint density at radius 2 is 1.92 bits per heavy atom. The molecule has 1 amide bonds. The van der Waals surface area contributed by atoms with Gasteiger partial charge < -0.3 is 10.4 Å². The number of hydrogen-bond acceptors (Lipinski definition) is 6. The van der Waals surface area contributed by atoms with E-state index < -0.39 is 6.10 Å². The third-order valence-electron chi connectivity index (χ3n) is 3.58. The minimum Gasteiger partial charge on any atom is -0.392 e. The molecule has 0 fully saturated rings. The molecule has 1 atom stereocenters. The van der Waals surface area contributed by atoms with Crippen LogP contribution in [0.25, 0.3) is 5.69 Å². The monoisotopic (exact) mass is 369 g/mol. The average molecular weight is 369 g/mol. The van der Waals surface area contributed by atoms with E-state index in [-0.39, 0.29) is 12.5 Å². The summed E-state index contributed by atoms with van der Waals surface area (Å²) < 4.78 is 1.68. The molecule has 0 aliphatic heterocycles. The van der Waals surface area contributed by atoms with Gasteiger partial charge in [0.1, 0.15) is 0 Å². The predicted molar refractivity (Wildman–Crippen MR) is 99.2 cm³/mol. The van der Waals surface area contributed by atoms with E-state index in [0.717, 1.165) is 10.6 Å². The summed E-state index contributed by atoms with van der Waals surface area (Å²) in [4.78, 5) is 13.2. The summed E-state index contributed by atoms with van der Waals surface area (Å²) in [5.41, 5.74) is 1.45. The number of nitrogens with zero attached hydrogens (tertiary/aromatic N) is 4. The highest BCUT2D eigenvalue weighted by molar-refractivity contribution is 7.98.